The zero-order chi connectivity index (χ0) is 14.0. The normalized spacial score (nSPS) is 35.9. The van der Waals surface area contributed by atoms with Crippen molar-refractivity contribution in [1.29, 1.82) is 0 Å². The van der Waals surface area contributed by atoms with E-state index < -0.39 is 0 Å². The number of nitrogens with zero attached hydrogens (tertiary/aromatic N) is 1. The standard InChI is InChI=1S/C18H34N2/c1-20(13-17-12-15-5-6-16(17)11-15)10-9-18(14-19)7-3-2-4-8-18/h15-17H,2-14,19H2,1H3. The molecule has 0 amide bonds. The van der Waals surface area contributed by atoms with Gasteiger partial charge in [0.25, 0.3) is 0 Å². The Balaban J connectivity index is 1.43. The molecule has 116 valence electrons. The predicted octanol–water partition coefficient (Wildman–Crippen LogP) is 3.65. The van der Waals surface area contributed by atoms with E-state index in [2.05, 4.69) is 11.9 Å². The van der Waals surface area contributed by atoms with Crippen LogP contribution in [-0.2, 0) is 0 Å². The first kappa shape index (κ1) is 14.8. The van der Waals surface area contributed by atoms with Gasteiger partial charge in [-0.1, -0.05) is 25.7 Å². The third-order valence-corrected chi connectivity index (χ3v) is 6.80. The molecule has 0 aromatic carbocycles. The summed E-state index contributed by atoms with van der Waals surface area (Å²) in [5, 5.41) is 0. The zero-order valence-corrected chi connectivity index (χ0v) is 13.4. The smallest absolute Gasteiger partial charge is 0.000936 e. The molecule has 2 nitrogen and oxygen atoms in total. The van der Waals surface area contributed by atoms with Crippen molar-refractivity contribution >= 4 is 0 Å². The van der Waals surface area contributed by atoms with Crippen LogP contribution in [0.3, 0.4) is 0 Å². The van der Waals surface area contributed by atoms with Crippen molar-refractivity contribution in [3.8, 4) is 0 Å². The summed E-state index contributed by atoms with van der Waals surface area (Å²) >= 11 is 0. The van der Waals surface area contributed by atoms with E-state index in [1.54, 1.807) is 6.42 Å². The predicted molar refractivity (Wildman–Crippen MR) is 85.6 cm³/mol. The zero-order valence-electron chi connectivity index (χ0n) is 13.4. The van der Waals surface area contributed by atoms with Gasteiger partial charge in [0.2, 0.25) is 0 Å². The second-order valence-electron chi connectivity index (χ2n) is 8.21. The maximum Gasteiger partial charge on any atom is 0.000936 e. The summed E-state index contributed by atoms with van der Waals surface area (Å²) in [6.45, 7) is 3.53. The van der Waals surface area contributed by atoms with Crippen LogP contribution in [-0.4, -0.2) is 31.6 Å². The Kier molecular flexibility index (Phi) is 4.72. The van der Waals surface area contributed by atoms with Crippen molar-refractivity contribution in [2.24, 2.45) is 28.9 Å². The molecule has 3 aliphatic rings. The first-order valence-electron chi connectivity index (χ1n) is 9.09. The lowest BCUT2D eigenvalue weighted by Crippen LogP contribution is -2.37. The van der Waals surface area contributed by atoms with Gasteiger partial charge < -0.3 is 10.6 Å². The maximum absolute atomic E-state index is 6.12. The van der Waals surface area contributed by atoms with Crippen molar-refractivity contribution in [3.05, 3.63) is 0 Å². The number of nitrogens with two attached hydrogens (primary N) is 1. The molecule has 0 aromatic heterocycles. The molecule has 20 heavy (non-hydrogen) atoms. The van der Waals surface area contributed by atoms with Gasteiger partial charge in [0.1, 0.15) is 0 Å². The lowest BCUT2D eigenvalue weighted by Gasteiger charge is -2.38. The third-order valence-electron chi connectivity index (χ3n) is 6.80. The second-order valence-corrected chi connectivity index (χ2v) is 8.21. The summed E-state index contributed by atoms with van der Waals surface area (Å²) < 4.78 is 0. The number of hydrogen-bond donors (Lipinski definition) is 1. The van der Waals surface area contributed by atoms with Crippen molar-refractivity contribution in [2.45, 2.75) is 64.2 Å². The lowest BCUT2D eigenvalue weighted by atomic mass is 9.72. The van der Waals surface area contributed by atoms with Gasteiger partial charge in [0.05, 0.1) is 0 Å². The molecule has 3 fully saturated rings. The van der Waals surface area contributed by atoms with Crippen molar-refractivity contribution in [1.82, 2.24) is 4.90 Å². The lowest BCUT2D eigenvalue weighted by molar-refractivity contribution is 0.142. The Bertz CT molecular complexity index is 309. The Hall–Kier alpha value is -0.0800. The van der Waals surface area contributed by atoms with Crippen LogP contribution in [0, 0.1) is 23.2 Å². The molecule has 0 spiro atoms. The summed E-state index contributed by atoms with van der Waals surface area (Å²) in [5.41, 5.74) is 6.61. The first-order chi connectivity index (χ1) is 9.71. The molecule has 0 aliphatic heterocycles. The summed E-state index contributed by atoms with van der Waals surface area (Å²) in [7, 11) is 2.35. The summed E-state index contributed by atoms with van der Waals surface area (Å²) in [4.78, 5) is 2.62. The summed E-state index contributed by atoms with van der Waals surface area (Å²) in [6, 6.07) is 0. The fraction of sp³-hybridized carbons (Fsp3) is 1.00. The Morgan fingerprint density at radius 1 is 1.10 bits per heavy atom. The van der Waals surface area contributed by atoms with E-state index in [4.69, 9.17) is 5.73 Å². The molecular weight excluding hydrogens is 244 g/mol. The number of fused-ring (bicyclic) bond motifs is 2. The van der Waals surface area contributed by atoms with Crippen molar-refractivity contribution in [2.75, 3.05) is 26.7 Å². The summed E-state index contributed by atoms with van der Waals surface area (Å²) in [5.74, 6) is 3.17. The fourth-order valence-corrected chi connectivity index (χ4v) is 5.38. The average Bonchev–Trinajstić information content (AvgIpc) is 3.09. The van der Waals surface area contributed by atoms with Crippen LogP contribution < -0.4 is 5.73 Å². The summed E-state index contributed by atoms with van der Waals surface area (Å²) in [6.07, 6.45) is 14.5. The van der Waals surface area contributed by atoms with Crippen LogP contribution in [0.25, 0.3) is 0 Å². The van der Waals surface area contributed by atoms with Crippen LogP contribution in [0.2, 0.25) is 0 Å². The van der Waals surface area contributed by atoms with E-state index in [9.17, 15) is 0 Å². The molecule has 3 unspecified atom stereocenters. The minimum Gasteiger partial charge on any atom is -0.330 e. The SMILES string of the molecule is CN(CCC1(CN)CCCCC1)CC1CC2CCC1C2. The molecule has 3 atom stereocenters. The van der Waals surface area contributed by atoms with Gasteiger partial charge in [-0.3, -0.25) is 0 Å². The average molecular weight is 278 g/mol. The number of hydrogen-bond acceptors (Lipinski definition) is 2. The monoisotopic (exact) mass is 278 g/mol. The van der Waals surface area contributed by atoms with Crippen molar-refractivity contribution < 1.29 is 0 Å². The Morgan fingerprint density at radius 3 is 2.50 bits per heavy atom. The first-order valence-corrected chi connectivity index (χ1v) is 9.09. The van der Waals surface area contributed by atoms with E-state index in [1.165, 1.54) is 70.9 Å². The minimum absolute atomic E-state index is 0.487. The molecular formula is C18H34N2. The van der Waals surface area contributed by atoms with Gasteiger partial charge >= 0.3 is 0 Å². The fourth-order valence-electron chi connectivity index (χ4n) is 5.38. The van der Waals surface area contributed by atoms with Gasteiger partial charge in [-0.15, -0.1) is 0 Å². The maximum atomic E-state index is 6.12. The molecule has 0 aromatic rings. The van der Waals surface area contributed by atoms with Gasteiger partial charge in [0.15, 0.2) is 0 Å². The Labute approximate surface area is 125 Å². The minimum atomic E-state index is 0.487. The van der Waals surface area contributed by atoms with Crippen LogP contribution in [0.5, 0.6) is 0 Å². The van der Waals surface area contributed by atoms with E-state index in [1.807, 2.05) is 0 Å². The van der Waals surface area contributed by atoms with Crippen molar-refractivity contribution in [3.63, 3.8) is 0 Å². The molecule has 0 heterocycles. The van der Waals surface area contributed by atoms with Gasteiger partial charge in [-0.05, 0) is 81.8 Å². The topological polar surface area (TPSA) is 29.3 Å². The highest BCUT2D eigenvalue weighted by molar-refractivity contribution is 4.91. The Morgan fingerprint density at radius 2 is 1.90 bits per heavy atom. The quantitative estimate of drug-likeness (QED) is 0.803. The molecule has 2 heteroatoms. The van der Waals surface area contributed by atoms with Crippen LogP contribution >= 0.6 is 0 Å². The second kappa shape index (κ2) is 6.36. The molecule has 3 rings (SSSR count). The van der Waals surface area contributed by atoms with Gasteiger partial charge in [-0.25, -0.2) is 0 Å². The van der Waals surface area contributed by atoms with E-state index in [0.29, 0.717) is 5.41 Å². The molecule has 0 saturated heterocycles. The van der Waals surface area contributed by atoms with Crippen LogP contribution in [0.4, 0.5) is 0 Å². The van der Waals surface area contributed by atoms with Crippen LogP contribution in [0.15, 0.2) is 0 Å². The van der Waals surface area contributed by atoms with Gasteiger partial charge in [0, 0.05) is 6.54 Å². The van der Waals surface area contributed by atoms with E-state index in [0.717, 1.165) is 24.3 Å². The van der Waals surface area contributed by atoms with Gasteiger partial charge in [-0.2, -0.15) is 0 Å². The highest BCUT2D eigenvalue weighted by atomic mass is 15.1. The largest absolute Gasteiger partial charge is 0.330 e. The van der Waals surface area contributed by atoms with E-state index in [-0.39, 0.29) is 0 Å². The molecule has 0 radical (unpaired) electrons. The molecule has 2 bridgehead atoms. The highest BCUT2D eigenvalue weighted by Crippen LogP contribution is 2.48. The number of rotatable bonds is 6. The molecule has 2 N–H and O–H groups in total. The highest BCUT2D eigenvalue weighted by Gasteiger charge is 2.39. The molecule has 3 saturated carbocycles. The van der Waals surface area contributed by atoms with E-state index >= 15 is 0 Å². The third kappa shape index (κ3) is 3.22. The van der Waals surface area contributed by atoms with Crippen LogP contribution in [0.1, 0.15) is 64.2 Å². The molecule has 3 aliphatic carbocycles.